The van der Waals surface area contributed by atoms with Crippen LogP contribution in [0.4, 0.5) is 0 Å². The van der Waals surface area contributed by atoms with Crippen molar-refractivity contribution in [2.24, 2.45) is 0 Å². The minimum absolute atomic E-state index is 0.0652. The van der Waals surface area contributed by atoms with Crippen molar-refractivity contribution in [3.8, 4) is 28.1 Å². The lowest BCUT2D eigenvalue weighted by Gasteiger charge is -2.27. The van der Waals surface area contributed by atoms with Gasteiger partial charge in [-0.2, -0.15) is 0 Å². The Hall–Kier alpha value is -2.61. The largest absolute Gasteiger partial charge is 0.872 e. The summed E-state index contributed by atoms with van der Waals surface area (Å²) in [6.45, 7) is 15.4. The maximum atomic E-state index is 13.7. The zero-order chi connectivity index (χ0) is 21.3. The number of nitrogens with zero attached hydrogens (tertiary/aromatic N) is 1. The molecule has 0 aliphatic carbocycles. The monoisotopic (exact) mass is 386 g/mol. The summed E-state index contributed by atoms with van der Waals surface area (Å²) in [4.78, 5) is 4.44. The average molecular weight is 387 g/mol. The van der Waals surface area contributed by atoms with Crippen LogP contribution >= 0.6 is 0 Å². The molecular weight excluding hydrogens is 354 g/mol. The Morgan fingerprint density at radius 2 is 1.34 bits per heavy atom. The van der Waals surface area contributed by atoms with E-state index in [2.05, 4.69) is 71.6 Å². The molecule has 0 aliphatic heterocycles. The van der Waals surface area contributed by atoms with E-state index in [-0.39, 0.29) is 5.75 Å². The Bertz CT molecular complexity index is 972. The summed E-state index contributed by atoms with van der Waals surface area (Å²) >= 11 is 0. The van der Waals surface area contributed by atoms with Gasteiger partial charge in [0.15, 0.2) is 0 Å². The van der Waals surface area contributed by atoms with E-state index in [0.717, 1.165) is 22.4 Å². The van der Waals surface area contributed by atoms with Crippen LogP contribution in [0.25, 0.3) is 22.4 Å². The lowest BCUT2D eigenvalue weighted by molar-refractivity contribution is -0.266. The molecule has 2 heteroatoms. The summed E-state index contributed by atoms with van der Waals surface area (Å²) in [6.07, 6.45) is 1.74. The standard InChI is InChI=1S/C27H33NO/c1-16(2)20-14-21(17(3)4)26(22(15-20)18(5)6)24-13-19(7)12-23(27(24)29)25-10-8-9-11-28-25/h8-18,29H,1-7H3/p-1. The van der Waals surface area contributed by atoms with Gasteiger partial charge in [-0.1, -0.05) is 77.6 Å². The van der Waals surface area contributed by atoms with Gasteiger partial charge in [-0.15, -0.1) is 0 Å². The molecule has 2 aromatic carbocycles. The fraction of sp³-hybridized carbons (Fsp3) is 0.370. The normalized spacial score (nSPS) is 11.7. The molecule has 3 rings (SSSR count). The van der Waals surface area contributed by atoms with Crippen LogP contribution in [-0.4, -0.2) is 4.98 Å². The van der Waals surface area contributed by atoms with Gasteiger partial charge in [-0.05, 0) is 75.8 Å². The lowest BCUT2D eigenvalue weighted by atomic mass is 9.80. The molecule has 1 aromatic heterocycles. The van der Waals surface area contributed by atoms with Crippen molar-refractivity contribution >= 4 is 0 Å². The molecule has 2 nitrogen and oxygen atoms in total. The van der Waals surface area contributed by atoms with Gasteiger partial charge >= 0.3 is 0 Å². The lowest BCUT2D eigenvalue weighted by Crippen LogP contribution is -2.06. The van der Waals surface area contributed by atoms with E-state index in [0.29, 0.717) is 23.3 Å². The number of hydrogen-bond donors (Lipinski definition) is 0. The van der Waals surface area contributed by atoms with Crippen LogP contribution < -0.4 is 5.11 Å². The molecule has 3 aromatic rings. The zero-order valence-corrected chi connectivity index (χ0v) is 18.7. The van der Waals surface area contributed by atoms with E-state index in [1.165, 1.54) is 16.7 Å². The van der Waals surface area contributed by atoms with Gasteiger partial charge < -0.3 is 5.11 Å². The summed E-state index contributed by atoms with van der Waals surface area (Å²) in [6, 6.07) is 14.3. The SMILES string of the molecule is Cc1cc(-c2ccccn2)c([O-])c(-c2c(C(C)C)cc(C(C)C)cc2C(C)C)c1. The van der Waals surface area contributed by atoms with Crippen molar-refractivity contribution < 1.29 is 5.11 Å². The molecule has 29 heavy (non-hydrogen) atoms. The minimum Gasteiger partial charge on any atom is -0.872 e. The Morgan fingerprint density at radius 1 is 0.759 bits per heavy atom. The second-order valence-corrected chi connectivity index (χ2v) is 8.94. The van der Waals surface area contributed by atoms with Crippen molar-refractivity contribution in [3.05, 3.63) is 70.9 Å². The number of benzene rings is 2. The predicted molar refractivity (Wildman–Crippen MR) is 122 cm³/mol. The molecule has 0 saturated heterocycles. The van der Waals surface area contributed by atoms with Crippen LogP contribution in [0.1, 0.15) is 81.5 Å². The molecule has 0 unspecified atom stereocenters. The van der Waals surface area contributed by atoms with Crippen molar-refractivity contribution in [3.63, 3.8) is 0 Å². The first-order valence-electron chi connectivity index (χ1n) is 10.6. The molecule has 0 N–H and O–H groups in total. The number of rotatable bonds is 5. The second kappa shape index (κ2) is 8.41. The van der Waals surface area contributed by atoms with Gasteiger partial charge in [-0.25, -0.2) is 0 Å². The second-order valence-electron chi connectivity index (χ2n) is 8.94. The van der Waals surface area contributed by atoms with E-state index in [1.54, 1.807) is 6.20 Å². The highest BCUT2D eigenvalue weighted by Gasteiger charge is 2.20. The predicted octanol–water partition coefficient (Wildman–Crippen LogP) is 7.17. The molecule has 0 saturated carbocycles. The van der Waals surface area contributed by atoms with Crippen molar-refractivity contribution in [2.45, 2.75) is 66.2 Å². The van der Waals surface area contributed by atoms with Crippen LogP contribution in [-0.2, 0) is 0 Å². The summed E-state index contributed by atoms with van der Waals surface area (Å²) in [5.41, 5.74) is 8.27. The Labute approximate surface area is 175 Å². The van der Waals surface area contributed by atoms with Crippen LogP contribution in [0, 0.1) is 6.92 Å². The Kier molecular flexibility index (Phi) is 6.12. The maximum absolute atomic E-state index is 13.7. The van der Waals surface area contributed by atoms with Crippen molar-refractivity contribution in [1.82, 2.24) is 4.98 Å². The highest BCUT2D eigenvalue weighted by molar-refractivity contribution is 5.85. The summed E-state index contributed by atoms with van der Waals surface area (Å²) < 4.78 is 0. The van der Waals surface area contributed by atoms with E-state index >= 15 is 0 Å². The third-order valence-electron chi connectivity index (χ3n) is 5.58. The molecule has 0 spiro atoms. The van der Waals surface area contributed by atoms with Gasteiger partial charge in [0.25, 0.3) is 0 Å². The number of aromatic nitrogens is 1. The van der Waals surface area contributed by atoms with Gasteiger partial charge in [-0.3, -0.25) is 4.98 Å². The molecule has 0 radical (unpaired) electrons. The molecule has 0 amide bonds. The first-order chi connectivity index (χ1) is 13.7. The third-order valence-corrected chi connectivity index (χ3v) is 5.58. The topological polar surface area (TPSA) is 36.0 Å². The molecule has 1 heterocycles. The van der Waals surface area contributed by atoms with E-state index in [4.69, 9.17) is 0 Å². The summed E-state index contributed by atoms with van der Waals surface area (Å²) in [7, 11) is 0. The van der Waals surface area contributed by atoms with Gasteiger partial charge in [0.05, 0.1) is 5.69 Å². The molecule has 152 valence electrons. The van der Waals surface area contributed by atoms with E-state index in [9.17, 15) is 5.11 Å². The molecule has 0 aliphatic rings. The van der Waals surface area contributed by atoms with Gasteiger partial charge in [0.1, 0.15) is 0 Å². The maximum Gasteiger partial charge on any atom is 0.0696 e. The van der Waals surface area contributed by atoms with Gasteiger partial charge in [0.2, 0.25) is 0 Å². The number of pyridine rings is 1. The fourth-order valence-electron chi connectivity index (χ4n) is 3.94. The van der Waals surface area contributed by atoms with Crippen molar-refractivity contribution in [1.29, 1.82) is 0 Å². The van der Waals surface area contributed by atoms with Crippen LogP contribution in [0.5, 0.6) is 5.75 Å². The Morgan fingerprint density at radius 3 is 1.83 bits per heavy atom. The summed E-state index contributed by atoms with van der Waals surface area (Å²) in [5, 5.41) is 13.7. The number of hydrogen-bond acceptors (Lipinski definition) is 2. The Balaban J connectivity index is 2.38. The van der Waals surface area contributed by atoms with E-state index in [1.807, 2.05) is 24.3 Å². The average Bonchev–Trinajstić information content (AvgIpc) is 2.68. The molecule has 0 bridgehead atoms. The fourth-order valence-corrected chi connectivity index (χ4v) is 3.94. The van der Waals surface area contributed by atoms with E-state index < -0.39 is 0 Å². The van der Waals surface area contributed by atoms with Crippen LogP contribution in [0.15, 0.2) is 48.7 Å². The molecular formula is C27H32NO-. The summed E-state index contributed by atoms with van der Waals surface area (Å²) in [5.74, 6) is 1.18. The van der Waals surface area contributed by atoms with Crippen LogP contribution in [0.3, 0.4) is 0 Å². The highest BCUT2D eigenvalue weighted by Crippen LogP contribution is 2.44. The number of aryl methyl sites for hydroxylation is 1. The smallest absolute Gasteiger partial charge is 0.0696 e. The van der Waals surface area contributed by atoms with Crippen molar-refractivity contribution in [2.75, 3.05) is 0 Å². The van der Waals surface area contributed by atoms with Crippen LogP contribution in [0.2, 0.25) is 0 Å². The molecule has 0 atom stereocenters. The third kappa shape index (κ3) is 4.22. The van der Waals surface area contributed by atoms with Gasteiger partial charge in [0, 0.05) is 6.20 Å². The zero-order valence-electron chi connectivity index (χ0n) is 18.7. The highest BCUT2D eigenvalue weighted by atomic mass is 16.3. The first-order valence-corrected chi connectivity index (χ1v) is 10.6. The minimum atomic E-state index is 0.0652. The quantitative estimate of drug-likeness (QED) is 0.466. The first kappa shape index (κ1) is 21.1. The molecule has 0 fully saturated rings.